The molecule has 0 aliphatic rings. The summed E-state index contributed by atoms with van der Waals surface area (Å²) in [6, 6.07) is 2.55. The van der Waals surface area contributed by atoms with Crippen molar-refractivity contribution in [2.45, 2.75) is 6.18 Å². The third kappa shape index (κ3) is 3.87. The number of hydrogen-bond acceptors (Lipinski definition) is 3. The number of aliphatic carboxylic acids is 1. The van der Waals surface area contributed by atoms with E-state index < -0.39 is 35.9 Å². The van der Waals surface area contributed by atoms with Gasteiger partial charge >= 0.3 is 12.1 Å². The highest BCUT2D eigenvalue weighted by Gasteiger charge is 2.34. The van der Waals surface area contributed by atoms with Crippen LogP contribution in [0.15, 0.2) is 18.2 Å². The molecule has 0 atom stereocenters. The van der Waals surface area contributed by atoms with Gasteiger partial charge in [0, 0.05) is 5.56 Å². The maximum Gasteiger partial charge on any atom is 0.419 e. The zero-order chi connectivity index (χ0) is 14.6. The Kier molecular flexibility index (Phi) is 4.36. The van der Waals surface area contributed by atoms with Crippen LogP contribution < -0.4 is 10.1 Å². The number of carboxylic acids is 1. The molecule has 0 saturated heterocycles. The molecule has 1 rings (SSSR count). The Morgan fingerprint density at radius 2 is 2.00 bits per heavy atom. The second kappa shape index (κ2) is 5.59. The normalized spacial score (nSPS) is 10.9. The van der Waals surface area contributed by atoms with Gasteiger partial charge in [-0.3, -0.25) is 9.59 Å². The van der Waals surface area contributed by atoms with Gasteiger partial charge in [0.1, 0.15) is 12.3 Å². The van der Waals surface area contributed by atoms with Crippen molar-refractivity contribution in [1.29, 1.82) is 0 Å². The maximum absolute atomic E-state index is 12.6. The zero-order valence-corrected chi connectivity index (χ0v) is 9.75. The molecule has 104 valence electrons. The molecule has 0 fully saturated rings. The molecule has 0 aliphatic carbocycles. The van der Waals surface area contributed by atoms with Crippen molar-refractivity contribution < 1.29 is 32.6 Å². The zero-order valence-electron chi connectivity index (χ0n) is 9.75. The van der Waals surface area contributed by atoms with E-state index in [2.05, 4.69) is 4.74 Å². The van der Waals surface area contributed by atoms with Crippen LogP contribution in [0, 0.1) is 0 Å². The summed E-state index contributed by atoms with van der Waals surface area (Å²) in [6.07, 6.45) is -4.60. The molecule has 5 nitrogen and oxygen atoms in total. The number of rotatable bonds is 4. The molecule has 0 bridgehead atoms. The van der Waals surface area contributed by atoms with Crippen molar-refractivity contribution in [1.82, 2.24) is 5.32 Å². The van der Waals surface area contributed by atoms with E-state index in [1.807, 2.05) is 5.32 Å². The Balaban J connectivity index is 3.00. The lowest BCUT2D eigenvalue weighted by molar-refractivity contribution is -0.139. The van der Waals surface area contributed by atoms with Gasteiger partial charge in [0.25, 0.3) is 5.91 Å². The monoisotopic (exact) mass is 277 g/mol. The van der Waals surface area contributed by atoms with Gasteiger partial charge in [0.15, 0.2) is 0 Å². The lowest BCUT2D eigenvalue weighted by atomic mass is 10.1. The fourth-order valence-corrected chi connectivity index (χ4v) is 1.32. The molecule has 19 heavy (non-hydrogen) atoms. The highest BCUT2D eigenvalue weighted by atomic mass is 19.4. The summed E-state index contributed by atoms with van der Waals surface area (Å²) in [5.41, 5.74) is -1.13. The van der Waals surface area contributed by atoms with Gasteiger partial charge in [-0.2, -0.15) is 13.2 Å². The molecule has 0 saturated carbocycles. The van der Waals surface area contributed by atoms with E-state index in [-0.39, 0.29) is 5.56 Å². The number of amides is 1. The second-order valence-electron chi connectivity index (χ2n) is 3.49. The number of hydrogen-bond donors (Lipinski definition) is 2. The van der Waals surface area contributed by atoms with Crippen LogP contribution in [0.4, 0.5) is 13.2 Å². The van der Waals surface area contributed by atoms with Crippen LogP contribution in [-0.4, -0.2) is 30.6 Å². The highest BCUT2D eigenvalue weighted by Crippen LogP contribution is 2.36. The molecular weight excluding hydrogens is 267 g/mol. The lowest BCUT2D eigenvalue weighted by Crippen LogP contribution is -2.29. The first kappa shape index (κ1) is 14.8. The number of methoxy groups -OCH3 is 1. The van der Waals surface area contributed by atoms with Crippen molar-refractivity contribution in [2.24, 2.45) is 0 Å². The average molecular weight is 277 g/mol. The van der Waals surface area contributed by atoms with Gasteiger partial charge in [0.05, 0.1) is 12.7 Å². The van der Waals surface area contributed by atoms with Gasteiger partial charge < -0.3 is 15.2 Å². The van der Waals surface area contributed by atoms with E-state index >= 15 is 0 Å². The fraction of sp³-hybridized carbons (Fsp3) is 0.273. The number of alkyl halides is 3. The number of ether oxygens (including phenoxy) is 1. The maximum atomic E-state index is 12.6. The number of nitrogens with one attached hydrogen (secondary N) is 1. The van der Waals surface area contributed by atoms with Crippen molar-refractivity contribution in [3.05, 3.63) is 29.3 Å². The summed E-state index contributed by atoms with van der Waals surface area (Å²) in [5.74, 6) is -2.56. The van der Waals surface area contributed by atoms with Crippen LogP contribution >= 0.6 is 0 Å². The summed E-state index contributed by atoms with van der Waals surface area (Å²) >= 11 is 0. The van der Waals surface area contributed by atoms with Crippen LogP contribution in [0.1, 0.15) is 15.9 Å². The minimum absolute atomic E-state index is 0.119. The highest BCUT2D eigenvalue weighted by molar-refractivity contribution is 5.96. The quantitative estimate of drug-likeness (QED) is 0.875. The van der Waals surface area contributed by atoms with Gasteiger partial charge in [0.2, 0.25) is 0 Å². The standard InChI is InChI=1S/C11H10F3NO4/c1-19-8-4-6(10(18)15-5-9(16)17)2-3-7(8)11(12,13)14/h2-4H,5H2,1H3,(H,15,18)(H,16,17). The number of halogens is 3. The molecule has 2 N–H and O–H groups in total. The van der Waals surface area contributed by atoms with Crippen LogP contribution in [0.25, 0.3) is 0 Å². The molecule has 1 aromatic carbocycles. The minimum Gasteiger partial charge on any atom is -0.496 e. The summed E-state index contributed by atoms with van der Waals surface area (Å²) in [4.78, 5) is 21.7. The lowest BCUT2D eigenvalue weighted by Gasteiger charge is -2.13. The Hall–Kier alpha value is -2.25. The first-order valence-electron chi connectivity index (χ1n) is 5.01. The Morgan fingerprint density at radius 3 is 2.47 bits per heavy atom. The van der Waals surface area contributed by atoms with Gasteiger partial charge in [-0.15, -0.1) is 0 Å². The van der Waals surface area contributed by atoms with E-state index in [0.29, 0.717) is 6.07 Å². The number of carbonyl (C=O) groups excluding carboxylic acids is 1. The predicted molar refractivity (Wildman–Crippen MR) is 58.0 cm³/mol. The number of benzene rings is 1. The van der Waals surface area contributed by atoms with E-state index in [1.54, 1.807) is 0 Å². The molecule has 0 heterocycles. The third-order valence-electron chi connectivity index (χ3n) is 2.17. The van der Waals surface area contributed by atoms with Crippen molar-refractivity contribution in [3.63, 3.8) is 0 Å². The van der Waals surface area contributed by atoms with Crippen LogP contribution in [0.2, 0.25) is 0 Å². The topological polar surface area (TPSA) is 75.6 Å². The largest absolute Gasteiger partial charge is 0.496 e. The SMILES string of the molecule is COc1cc(C(=O)NCC(=O)O)ccc1C(F)(F)F. The fourth-order valence-electron chi connectivity index (χ4n) is 1.32. The summed E-state index contributed by atoms with van der Waals surface area (Å²) in [7, 11) is 1.05. The Bertz CT molecular complexity index is 499. The van der Waals surface area contributed by atoms with Gasteiger partial charge in [-0.25, -0.2) is 0 Å². The van der Waals surface area contributed by atoms with E-state index in [4.69, 9.17) is 5.11 Å². The summed E-state index contributed by atoms with van der Waals surface area (Å²) in [5, 5.41) is 10.4. The van der Waals surface area contributed by atoms with Crippen LogP contribution in [-0.2, 0) is 11.0 Å². The van der Waals surface area contributed by atoms with Gasteiger partial charge in [-0.1, -0.05) is 0 Å². The third-order valence-corrected chi connectivity index (χ3v) is 2.17. The smallest absolute Gasteiger partial charge is 0.419 e. The Morgan fingerprint density at radius 1 is 1.37 bits per heavy atom. The molecule has 0 spiro atoms. The summed E-state index contributed by atoms with van der Waals surface area (Å²) in [6.45, 7) is -0.623. The van der Waals surface area contributed by atoms with Crippen molar-refractivity contribution in [2.75, 3.05) is 13.7 Å². The van der Waals surface area contributed by atoms with Crippen molar-refractivity contribution in [3.8, 4) is 5.75 Å². The van der Waals surface area contributed by atoms with E-state index in [9.17, 15) is 22.8 Å². The molecule has 0 unspecified atom stereocenters. The van der Waals surface area contributed by atoms with E-state index in [0.717, 1.165) is 19.2 Å². The average Bonchev–Trinajstić information content (AvgIpc) is 2.33. The first-order valence-corrected chi connectivity index (χ1v) is 5.01. The number of carbonyl (C=O) groups is 2. The number of carboxylic acid groups (broad SMARTS) is 1. The Labute approximate surface area is 106 Å². The minimum atomic E-state index is -4.60. The van der Waals surface area contributed by atoms with E-state index in [1.165, 1.54) is 0 Å². The molecule has 8 heteroatoms. The van der Waals surface area contributed by atoms with Crippen molar-refractivity contribution >= 4 is 11.9 Å². The molecule has 0 aliphatic heterocycles. The summed E-state index contributed by atoms with van der Waals surface area (Å²) < 4.78 is 42.3. The molecule has 0 aromatic heterocycles. The van der Waals surface area contributed by atoms with Crippen LogP contribution in [0.5, 0.6) is 5.75 Å². The molecular formula is C11H10F3NO4. The first-order chi connectivity index (χ1) is 8.75. The molecule has 0 radical (unpaired) electrons. The van der Waals surface area contributed by atoms with Gasteiger partial charge in [-0.05, 0) is 18.2 Å². The molecule has 1 amide bonds. The molecule has 1 aromatic rings. The predicted octanol–water partition coefficient (Wildman–Crippen LogP) is 1.53. The van der Waals surface area contributed by atoms with Crippen LogP contribution in [0.3, 0.4) is 0 Å². The second-order valence-corrected chi connectivity index (χ2v) is 3.49.